The van der Waals surface area contributed by atoms with Crippen LogP contribution < -0.4 is 16.1 Å². The second-order valence-corrected chi connectivity index (χ2v) is 9.15. The highest BCUT2D eigenvalue weighted by molar-refractivity contribution is 6.30. The first kappa shape index (κ1) is 23.1. The van der Waals surface area contributed by atoms with Gasteiger partial charge in [0.2, 0.25) is 5.95 Å². The molecule has 0 radical (unpaired) electrons. The Kier molecular flexibility index (Phi) is 6.57. The average molecular weight is 491 g/mol. The number of rotatable bonds is 6. The third-order valence-corrected chi connectivity index (χ3v) is 6.62. The van der Waals surface area contributed by atoms with Crippen molar-refractivity contribution in [3.63, 3.8) is 0 Å². The van der Waals surface area contributed by atoms with E-state index >= 15 is 0 Å². The Morgan fingerprint density at radius 1 is 1.00 bits per heavy atom. The van der Waals surface area contributed by atoms with E-state index in [9.17, 15) is 9.59 Å². The van der Waals surface area contributed by atoms with E-state index in [-0.39, 0.29) is 0 Å². The van der Waals surface area contributed by atoms with Gasteiger partial charge in [-0.1, -0.05) is 66.2 Å². The Hall–Kier alpha value is -3.62. The van der Waals surface area contributed by atoms with Crippen molar-refractivity contribution in [2.24, 2.45) is 7.05 Å². The van der Waals surface area contributed by atoms with Gasteiger partial charge >= 0.3 is 5.69 Å². The quantitative estimate of drug-likeness (QED) is 0.449. The second kappa shape index (κ2) is 9.93. The van der Waals surface area contributed by atoms with E-state index in [1.807, 2.05) is 47.0 Å². The lowest BCUT2D eigenvalue weighted by Crippen LogP contribution is -2.47. The molecule has 0 amide bonds. The number of benzene rings is 2. The Balaban J connectivity index is 1.39. The first-order valence-corrected chi connectivity index (χ1v) is 12.0. The maximum atomic E-state index is 12.8. The number of hydrogen-bond acceptors (Lipinski definition) is 5. The Bertz CT molecular complexity index is 1460. The lowest BCUT2D eigenvalue weighted by Gasteiger charge is -2.35. The summed E-state index contributed by atoms with van der Waals surface area (Å²) in [4.78, 5) is 36.8. The summed E-state index contributed by atoms with van der Waals surface area (Å²) < 4.78 is 3.30. The minimum Gasteiger partial charge on any atom is -0.340 e. The Morgan fingerprint density at radius 3 is 2.43 bits per heavy atom. The lowest BCUT2D eigenvalue weighted by atomic mass is 10.2. The van der Waals surface area contributed by atoms with Gasteiger partial charge in [-0.3, -0.25) is 23.8 Å². The minimum atomic E-state index is -0.472. The predicted octanol–water partition coefficient (Wildman–Crippen LogP) is 2.96. The number of aryl methyl sites for hydroxylation is 1. The molecule has 0 atom stereocenters. The average Bonchev–Trinajstić information content (AvgIpc) is 3.25. The van der Waals surface area contributed by atoms with E-state index in [1.165, 1.54) is 10.1 Å². The van der Waals surface area contributed by atoms with Gasteiger partial charge in [-0.25, -0.2) is 4.79 Å². The third kappa shape index (κ3) is 4.94. The van der Waals surface area contributed by atoms with Gasteiger partial charge in [0, 0.05) is 44.8 Å². The molecule has 5 rings (SSSR count). The van der Waals surface area contributed by atoms with Crippen LogP contribution >= 0.6 is 11.6 Å². The number of imidazole rings is 1. The minimum absolute atomic E-state index is 0.385. The summed E-state index contributed by atoms with van der Waals surface area (Å²) in [5.41, 5.74) is 2.06. The normalized spacial score (nSPS) is 14.9. The van der Waals surface area contributed by atoms with Crippen LogP contribution in [0.4, 0.5) is 5.95 Å². The number of aromatic nitrogens is 4. The van der Waals surface area contributed by atoms with E-state index in [2.05, 4.69) is 39.1 Å². The van der Waals surface area contributed by atoms with Crippen LogP contribution in [0, 0.1) is 0 Å². The second-order valence-electron chi connectivity index (χ2n) is 8.72. The zero-order valence-corrected chi connectivity index (χ0v) is 20.3. The Morgan fingerprint density at radius 2 is 1.71 bits per heavy atom. The molecule has 0 saturated carbocycles. The molecule has 1 aliphatic rings. The smallest absolute Gasteiger partial charge is 0.329 e. The number of anilines is 1. The van der Waals surface area contributed by atoms with Gasteiger partial charge in [0.15, 0.2) is 11.2 Å². The van der Waals surface area contributed by atoms with Crippen LogP contribution in [0.3, 0.4) is 0 Å². The highest BCUT2D eigenvalue weighted by Gasteiger charge is 2.24. The van der Waals surface area contributed by atoms with E-state index < -0.39 is 11.2 Å². The fourth-order valence-electron chi connectivity index (χ4n) is 4.42. The highest BCUT2D eigenvalue weighted by atomic mass is 35.5. The first-order chi connectivity index (χ1) is 17.0. The van der Waals surface area contributed by atoms with Gasteiger partial charge in [0.1, 0.15) is 0 Å². The van der Waals surface area contributed by atoms with Crippen LogP contribution in [-0.2, 0) is 13.6 Å². The summed E-state index contributed by atoms with van der Waals surface area (Å²) in [6.45, 7) is 4.61. The molecule has 1 saturated heterocycles. The zero-order valence-electron chi connectivity index (χ0n) is 19.5. The number of H-pyrrole nitrogens is 1. The van der Waals surface area contributed by atoms with Crippen molar-refractivity contribution >= 4 is 34.8 Å². The van der Waals surface area contributed by atoms with Gasteiger partial charge in [-0.2, -0.15) is 4.98 Å². The van der Waals surface area contributed by atoms with E-state index in [4.69, 9.17) is 16.6 Å². The van der Waals surface area contributed by atoms with Crippen LogP contribution in [0.5, 0.6) is 0 Å². The maximum Gasteiger partial charge on any atom is 0.329 e. The number of nitrogens with zero attached hydrogens (tertiary/aromatic N) is 5. The summed E-state index contributed by atoms with van der Waals surface area (Å²) in [6.07, 6.45) is 4.33. The molecule has 35 heavy (non-hydrogen) atoms. The summed E-state index contributed by atoms with van der Waals surface area (Å²) in [5, 5.41) is 0.655. The summed E-state index contributed by atoms with van der Waals surface area (Å²) in [6, 6.07) is 17.8. The molecule has 0 unspecified atom stereocenters. The summed E-state index contributed by atoms with van der Waals surface area (Å²) in [5.74, 6) is 0.695. The molecule has 0 spiro atoms. The fraction of sp³-hybridized carbons (Fsp3) is 0.269. The van der Waals surface area contributed by atoms with Crippen molar-refractivity contribution < 1.29 is 0 Å². The lowest BCUT2D eigenvalue weighted by molar-refractivity contribution is 0.282. The van der Waals surface area contributed by atoms with Gasteiger partial charge in [0.05, 0.1) is 6.54 Å². The monoisotopic (exact) mass is 490 g/mol. The van der Waals surface area contributed by atoms with E-state index in [0.29, 0.717) is 28.7 Å². The molecule has 3 heterocycles. The molecular weight excluding hydrogens is 464 g/mol. The van der Waals surface area contributed by atoms with Crippen LogP contribution in [0.2, 0.25) is 5.02 Å². The standard InChI is InChI=1S/C26H27ClN6O2/c1-30-23-22(24(34)29-26(30)35)33(18-20-9-11-21(27)12-10-20)25(28-23)32-16-14-31(15-17-32)13-5-8-19-6-3-2-4-7-19/h2-12H,13-18H2,1H3,(H,29,34,35)/b8-5+. The Labute approximate surface area is 207 Å². The van der Waals surface area contributed by atoms with Gasteiger partial charge < -0.3 is 4.90 Å². The largest absolute Gasteiger partial charge is 0.340 e. The van der Waals surface area contributed by atoms with E-state index in [1.54, 1.807) is 7.05 Å². The zero-order chi connectivity index (χ0) is 24.4. The summed E-state index contributed by atoms with van der Waals surface area (Å²) >= 11 is 6.06. The SMILES string of the molecule is Cn1c(=O)[nH]c(=O)c2c1nc(N1CCN(C/C=C/c3ccccc3)CC1)n2Cc1ccc(Cl)cc1. The van der Waals surface area contributed by atoms with Gasteiger partial charge in [-0.15, -0.1) is 0 Å². The molecule has 2 aromatic carbocycles. The molecule has 1 aliphatic heterocycles. The van der Waals surface area contributed by atoms with Crippen molar-refractivity contribution in [3.8, 4) is 0 Å². The fourth-order valence-corrected chi connectivity index (χ4v) is 4.55. The molecule has 4 aromatic rings. The van der Waals surface area contributed by atoms with Crippen LogP contribution in [-0.4, -0.2) is 56.7 Å². The molecule has 0 bridgehead atoms. The highest BCUT2D eigenvalue weighted by Crippen LogP contribution is 2.23. The number of halogens is 1. The molecule has 2 aromatic heterocycles. The maximum absolute atomic E-state index is 12.8. The molecule has 0 aliphatic carbocycles. The van der Waals surface area contributed by atoms with Crippen LogP contribution in [0.1, 0.15) is 11.1 Å². The van der Waals surface area contributed by atoms with Gasteiger partial charge in [0.25, 0.3) is 5.56 Å². The number of nitrogens with one attached hydrogen (secondary N) is 1. The molecule has 1 N–H and O–H groups in total. The number of hydrogen-bond donors (Lipinski definition) is 1. The number of piperazine rings is 1. The molecule has 180 valence electrons. The van der Waals surface area contributed by atoms with Crippen LogP contribution in [0.25, 0.3) is 17.2 Å². The molecule has 1 fully saturated rings. The molecular formula is C26H27ClN6O2. The third-order valence-electron chi connectivity index (χ3n) is 6.37. The van der Waals surface area contributed by atoms with Gasteiger partial charge in [-0.05, 0) is 23.3 Å². The molecule has 8 nitrogen and oxygen atoms in total. The summed E-state index contributed by atoms with van der Waals surface area (Å²) in [7, 11) is 1.63. The van der Waals surface area contributed by atoms with Crippen molar-refractivity contribution in [3.05, 3.63) is 97.7 Å². The topological polar surface area (TPSA) is 79.2 Å². The van der Waals surface area contributed by atoms with E-state index in [0.717, 1.165) is 38.3 Å². The first-order valence-electron chi connectivity index (χ1n) is 11.6. The number of aromatic amines is 1. The van der Waals surface area contributed by atoms with Crippen molar-refractivity contribution in [2.75, 3.05) is 37.6 Å². The predicted molar refractivity (Wildman–Crippen MR) is 140 cm³/mol. The van der Waals surface area contributed by atoms with Crippen molar-refractivity contribution in [2.45, 2.75) is 6.54 Å². The molecule has 9 heteroatoms. The van der Waals surface area contributed by atoms with Crippen molar-refractivity contribution in [1.29, 1.82) is 0 Å². The van der Waals surface area contributed by atoms with Crippen LogP contribution in [0.15, 0.2) is 70.3 Å². The van der Waals surface area contributed by atoms with Crippen molar-refractivity contribution in [1.82, 2.24) is 24.0 Å². The number of fused-ring (bicyclic) bond motifs is 1.